The van der Waals surface area contributed by atoms with Crippen LogP contribution < -0.4 is 11.1 Å². The highest BCUT2D eigenvalue weighted by atomic mass is 16.5. The molecule has 0 atom stereocenters. The molecule has 0 aliphatic carbocycles. The molecule has 1 fully saturated rings. The Morgan fingerprint density at radius 3 is 2.62 bits per heavy atom. The number of pyridine rings is 1. The van der Waals surface area contributed by atoms with Crippen LogP contribution in [0.2, 0.25) is 0 Å². The lowest BCUT2D eigenvalue weighted by atomic mass is 9.94. The van der Waals surface area contributed by atoms with Crippen molar-refractivity contribution in [3.05, 3.63) is 71.0 Å². The van der Waals surface area contributed by atoms with Crippen LogP contribution in [0, 0.1) is 0 Å². The van der Waals surface area contributed by atoms with Gasteiger partial charge in [-0.05, 0) is 47.9 Å². The van der Waals surface area contributed by atoms with Crippen LogP contribution in [0.15, 0.2) is 48.7 Å². The van der Waals surface area contributed by atoms with E-state index < -0.39 is 0 Å². The summed E-state index contributed by atoms with van der Waals surface area (Å²) in [6, 6.07) is 13.6. The molecule has 1 aliphatic heterocycles. The summed E-state index contributed by atoms with van der Waals surface area (Å²) in [5.41, 5.74) is 10.1. The molecule has 1 aliphatic rings. The second-order valence-electron chi connectivity index (χ2n) is 7.40. The summed E-state index contributed by atoms with van der Waals surface area (Å²) in [4.78, 5) is 17.3. The Morgan fingerprint density at radius 1 is 1.17 bits per heavy atom. The summed E-state index contributed by atoms with van der Waals surface area (Å²) < 4.78 is 5.37. The van der Waals surface area contributed by atoms with Gasteiger partial charge in [0.05, 0.1) is 23.6 Å². The van der Waals surface area contributed by atoms with Gasteiger partial charge in [-0.25, -0.2) is 0 Å². The van der Waals surface area contributed by atoms with Gasteiger partial charge in [0.2, 0.25) is 0 Å². The SMILES string of the molecule is Nc1c(C(=O)NC2CCOCC2)cc(Cc2ccc(CO)nc2)c2ccccc12. The zero-order valence-electron chi connectivity index (χ0n) is 16.2. The van der Waals surface area contributed by atoms with E-state index in [0.29, 0.717) is 36.6 Å². The minimum atomic E-state index is -0.143. The lowest BCUT2D eigenvalue weighted by Crippen LogP contribution is -2.39. The second-order valence-corrected chi connectivity index (χ2v) is 7.40. The Balaban J connectivity index is 1.69. The van der Waals surface area contributed by atoms with Crippen molar-refractivity contribution >= 4 is 22.4 Å². The van der Waals surface area contributed by atoms with Gasteiger partial charge in [-0.15, -0.1) is 0 Å². The molecule has 0 spiro atoms. The van der Waals surface area contributed by atoms with Crippen molar-refractivity contribution in [2.45, 2.75) is 31.9 Å². The molecule has 2 heterocycles. The minimum absolute atomic E-state index is 0.0817. The van der Waals surface area contributed by atoms with Gasteiger partial charge in [-0.3, -0.25) is 9.78 Å². The first kappa shape index (κ1) is 19.4. The Morgan fingerprint density at radius 2 is 1.93 bits per heavy atom. The third kappa shape index (κ3) is 4.23. The average molecular weight is 391 g/mol. The van der Waals surface area contributed by atoms with E-state index in [1.807, 2.05) is 42.5 Å². The number of nitrogens with one attached hydrogen (secondary N) is 1. The second kappa shape index (κ2) is 8.59. The molecular formula is C23H25N3O3. The third-order valence-electron chi connectivity index (χ3n) is 5.42. The highest BCUT2D eigenvalue weighted by Crippen LogP contribution is 2.30. The molecule has 0 bridgehead atoms. The predicted octanol–water partition coefficient (Wildman–Crippen LogP) is 2.81. The van der Waals surface area contributed by atoms with E-state index in [-0.39, 0.29) is 18.6 Å². The van der Waals surface area contributed by atoms with E-state index in [2.05, 4.69) is 10.3 Å². The fourth-order valence-corrected chi connectivity index (χ4v) is 3.79. The van der Waals surface area contributed by atoms with E-state index >= 15 is 0 Å². The third-order valence-corrected chi connectivity index (χ3v) is 5.42. The van der Waals surface area contributed by atoms with Gasteiger partial charge >= 0.3 is 0 Å². The number of anilines is 1. The van der Waals surface area contributed by atoms with Crippen LogP contribution in [0.4, 0.5) is 5.69 Å². The fourth-order valence-electron chi connectivity index (χ4n) is 3.79. The van der Waals surface area contributed by atoms with Crippen LogP contribution >= 0.6 is 0 Å². The summed E-state index contributed by atoms with van der Waals surface area (Å²) in [6.45, 7) is 1.25. The number of aliphatic hydroxyl groups excluding tert-OH is 1. The topological polar surface area (TPSA) is 97.5 Å². The first-order valence-electron chi connectivity index (χ1n) is 9.89. The van der Waals surface area contributed by atoms with Gasteiger partial charge in [0, 0.05) is 30.8 Å². The van der Waals surface area contributed by atoms with Gasteiger partial charge in [0.25, 0.3) is 5.91 Å². The Hall–Kier alpha value is -2.96. The molecule has 0 radical (unpaired) electrons. The van der Waals surface area contributed by atoms with Crippen LogP contribution in [0.5, 0.6) is 0 Å². The van der Waals surface area contributed by atoms with Crippen LogP contribution in [0.3, 0.4) is 0 Å². The van der Waals surface area contributed by atoms with Gasteiger partial charge in [0.15, 0.2) is 0 Å². The van der Waals surface area contributed by atoms with E-state index in [9.17, 15) is 9.90 Å². The molecule has 29 heavy (non-hydrogen) atoms. The molecule has 2 aromatic carbocycles. The van der Waals surface area contributed by atoms with Crippen molar-refractivity contribution in [3.8, 4) is 0 Å². The summed E-state index contributed by atoms with van der Waals surface area (Å²) in [7, 11) is 0. The van der Waals surface area contributed by atoms with Gasteiger partial charge < -0.3 is 20.9 Å². The van der Waals surface area contributed by atoms with Crippen molar-refractivity contribution in [1.82, 2.24) is 10.3 Å². The standard InChI is InChI=1S/C23H25N3O3/c24-22-20-4-2-1-3-19(20)16(11-15-5-6-18(14-27)25-13-15)12-21(22)23(28)26-17-7-9-29-10-8-17/h1-6,12-13,17,27H,7-11,14,24H2,(H,26,28). The Bertz CT molecular complexity index is 1010. The highest BCUT2D eigenvalue weighted by molar-refractivity contribution is 6.08. The number of carbonyl (C=O) groups is 1. The zero-order valence-corrected chi connectivity index (χ0v) is 16.2. The van der Waals surface area contributed by atoms with Gasteiger partial charge in [-0.1, -0.05) is 30.3 Å². The number of nitrogens with two attached hydrogens (primary N) is 1. The first-order chi connectivity index (χ1) is 14.2. The number of aliphatic hydroxyl groups is 1. The van der Waals surface area contributed by atoms with Crippen LogP contribution in [-0.4, -0.2) is 35.3 Å². The van der Waals surface area contributed by atoms with Crippen LogP contribution in [-0.2, 0) is 17.8 Å². The zero-order chi connectivity index (χ0) is 20.2. The van der Waals surface area contributed by atoms with E-state index in [0.717, 1.165) is 34.7 Å². The summed E-state index contributed by atoms with van der Waals surface area (Å²) in [5.74, 6) is -0.143. The highest BCUT2D eigenvalue weighted by Gasteiger charge is 2.20. The molecule has 1 aromatic heterocycles. The number of hydrogen-bond donors (Lipinski definition) is 3. The maximum Gasteiger partial charge on any atom is 0.253 e. The number of aromatic nitrogens is 1. The predicted molar refractivity (Wildman–Crippen MR) is 113 cm³/mol. The lowest BCUT2D eigenvalue weighted by molar-refractivity contribution is 0.0697. The normalized spacial score (nSPS) is 14.8. The first-order valence-corrected chi connectivity index (χ1v) is 9.89. The Kier molecular flexibility index (Phi) is 5.74. The van der Waals surface area contributed by atoms with Crippen molar-refractivity contribution in [2.75, 3.05) is 18.9 Å². The number of nitrogen functional groups attached to an aromatic ring is 1. The number of amides is 1. The molecule has 1 saturated heterocycles. The van der Waals surface area contributed by atoms with E-state index in [4.69, 9.17) is 10.5 Å². The van der Waals surface area contributed by atoms with Crippen LogP contribution in [0.1, 0.15) is 40.0 Å². The molecule has 3 aromatic rings. The minimum Gasteiger partial charge on any atom is -0.398 e. The monoisotopic (exact) mass is 391 g/mol. The largest absolute Gasteiger partial charge is 0.398 e. The molecule has 4 N–H and O–H groups in total. The van der Waals surface area contributed by atoms with Gasteiger partial charge in [-0.2, -0.15) is 0 Å². The molecule has 0 saturated carbocycles. The van der Waals surface area contributed by atoms with E-state index in [1.165, 1.54) is 0 Å². The van der Waals surface area contributed by atoms with Gasteiger partial charge in [0.1, 0.15) is 0 Å². The summed E-state index contributed by atoms with van der Waals surface area (Å²) in [5, 5.41) is 14.2. The number of rotatable bonds is 5. The molecule has 4 rings (SSSR count). The molecule has 6 nitrogen and oxygen atoms in total. The number of benzene rings is 2. The Labute approximate surface area is 169 Å². The number of nitrogens with zero attached hydrogens (tertiary/aromatic N) is 1. The van der Waals surface area contributed by atoms with Crippen molar-refractivity contribution < 1.29 is 14.6 Å². The van der Waals surface area contributed by atoms with E-state index in [1.54, 1.807) is 6.20 Å². The quantitative estimate of drug-likeness (QED) is 0.581. The maximum atomic E-state index is 13.0. The smallest absolute Gasteiger partial charge is 0.253 e. The number of carbonyl (C=O) groups excluding carboxylic acids is 1. The van der Waals surface area contributed by atoms with Crippen molar-refractivity contribution in [3.63, 3.8) is 0 Å². The lowest BCUT2D eigenvalue weighted by Gasteiger charge is -2.24. The summed E-state index contributed by atoms with van der Waals surface area (Å²) >= 11 is 0. The molecule has 150 valence electrons. The average Bonchev–Trinajstić information content (AvgIpc) is 2.77. The molecule has 1 amide bonds. The number of hydrogen-bond acceptors (Lipinski definition) is 5. The molecular weight excluding hydrogens is 366 g/mol. The molecule has 0 unspecified atom stereocenters. The summed E-state index contributed by atoms with van der Waals surface area (Å²) in [6.07, 6.45) is 4.01. The number of ether oxygens (including phenoxy) is 1. The van der Waals surface area contributed by atoms with Crippen molar-refractivity contribution in [2.24, 2.45) is 0 Å². The maximum absolute atomic E-state index is 13.0. The van der Waals surface area contributed by atoms with Crippen LogP contribution in [0.25, 0.3) is 10.8 Å². The molecule has 6 heteroatoms. The number of fused-ring (bicyclic) bond motifs is 1. The fraction of sp³-hybridized carbons (Fsp3) is 0.304. The van der Waals surface area contributed by atoms with Crippen molar-refractivity contribution in [1.29, 1.82) is 0 Å².